The van der Waals surface area contributed by atoms with Gasteiger partial charge in [0.05, 0.1) is 13.1 Å². The van der Waals surface area contributed by atoms with Crippen molar-refractivity contribution in [3.05, 3.63) is 11.7 Å². The summed E-state index contributed by atoms with van der Waals surface area (Å²) >= 11 is 0. The van der Waals surface area contributed by atoms with Gasteiger partial charge in [0.2, 0.25) is 5.89 Å². The molecule has 0 aliphatic carbocycles. The Hall–Kier alpha value is -0.940. The van der Waals surface area contributed by atoms with Crippen molar-refractivity contribution in [1.29, 1.82) is 0 Å². The average Bonchev–Trinajstić information content (AvgIpc) is 2.63. The van der Waals surface area contributed by atoms with Crippen molar-refractivity contribution in [2.75, 3.05) is 13.1 Å². The van der Waals surface area contributed by atoms with Gasteiger partial charge in [0, 0.05) is 13.1 Å². The number of aromatic nitrogens is 2. The molecular formula is C12H24N4O. The second-order valence-electron chi connectivity index (χ2n) is 5.29. The fraction of sp³-hybridized carbons (Fsp3) is 0.833. The van der Waals surface area contributed by atoms with Gasteiger partial charge in [-0.15, -0.1) is 0 Å². The molecule has 0 fully saturated rings. The fourth-order valence-corrected chi connectivity index (χ4v) is 1.87. The van der Waals surface area contributed by atoms with E-state index in [9.17, 15) is 0 Å². The summed E-state index contributed by atoms with van der Waals surface area (Å²) in [5, 5.41) is 3.93. The summed E-state index contributed by atoms with van der Waals surface area (Å²) in [7, 11) is 0. The summed E-state index contributed by atoms with van der Waals surface area (Å²) < 4.78 is 5.01. The zero-order chi connectivity index (χ0) is 12.8. The van der Waals surface area contributed by atoms with Crippen LogP contribution in [0.4, 0.5) is 0 Å². The molecule has 5 heteroatoms. The molecule has 0 atom stereocenters. The molecule has 0 aromatic carbocycles. The maximum atomic E-state index is 5.45. The summed E-state index contributed by atoms with van der Waals surface area (Å²) in [6, 6.07) is 0. The van der Waals surface area contributed by atoms with Crippen molar-refractivity contribution in [3.63, 3.8) is 0 Å². The van der Waals surface area contributed by atoms with Gasteiger partial charge >= 0.3 is 0 Å². The zero-order valence-electron chi connectivity index (χ0n) is 11.3. The maximum absolute atomic E-state index is 5.45. The van der Waals surface area contributed by atoms with E-state index in [1.165, 1.54) is 0 Å². The molecule has 17 heavy (non-hydrogen) atoms. The summed E-state index contributed by atoms with van der Waals surface area (Å²) in [6.07, 6.45) is 0. The van der Waals surface area contributed by atoms with E-state index in [4.69, 9.17) is 10.3 Å². The number of rotatable bonds is 7. The van der Waals surface area contributed by atoms with Gasteiger partial charge in [0.1, 0.15) is 0 Å². The number of nitrogens with two attached hydrogens (primary N) is 1. The highest BCUT2D eigenvalue weighted by Gasteiger charge is 2.13. The van der Waals surface area contributed by atoms with Crippen LogP contribution in [0.1, 0.15) is 39.4 Å². The van der Waals surface area contributed by atoms with Crippen molar-refractivity contribution in [2.45, 2.75) is 40.8 Å². The van der Waals surface area contributed by atoms with Gasteiger partial charge in [-0.3, -0.25) is 4.90 Å². The Bertz CT molecular complexity index is 312. The molecule has 2 N–H and O–H groups in total. The van der Waals surface area contributed by atoms with E-state index in [0.717, 1.165) is 25.5 Å². The molecule has 0 unspecified atom stereocenters. The Morgan fingerprint density at radius 1 is 1.18 bits per heavy atom. The summed E-state index contributed by atoms with van der Waals surface area (Å²) in [5.41, 5.74) is 5.45. The molecular weight excluding hydrogens is 216 g/mol. The lowest BCUT2D eigenvalue weighted by Crippen LogP contribution is -2.31. The van der Waals surface area contributed by atoms with Crippen LogP contribution >= 0.6 is 0 Å². The van der Waals surface area contributed by atoms with Gasteiger partial charge in [-0.1, -0.05) is 32.9 Å². The Balaban J connectivity index is 2.57. The van der Waals surface area contributed by atoms with Gasteiger partial charge < -0.3 is 10.3 Å². The second-order valence-corrected chi connectivity index (χ2v) is 5.29. The Kier molecular flexibility index (Phi) is 5.58. The lowest BCUT2D eigenvalue weighted by molar-refractivity contribution is 0.204. The van der Waals surface area contributed by atoms with Crippen molar-refractivity contribution in [1.82, 2.24) is 15.0 Å². The van der Waals surface area contributed by atoms with Crippen molar-refractivity contribution in [3.8, 4) is 0 Å². The highest BCUT2D eigenvalue weighted by atomic mass is 16.5. The summed E-state index contributed by atoms with van der Waals surface area (Å²) in [4.78, 5) is 6.60. The predicted octanol–water partition coefficient (Wildman–Crippen LogP) is 1.64. The van der Waals surface area contributed by atoms with Crippen LogP contribution in [0.5, 0.6) is 0 Å². The third kappa shape index (κ3) is 5.28. The Morgan fingerprint density at radius 2 is 1.76 bits per heavy atom. The lowest BCUT2D eigenvalue weighted by Gasteiger charge is -2.24. The smallest absolute Gasteiger partial charge is 0.240 e. The topological polar surface area (TPSA) is 68.2 Å². The van der Waals surface area contributed by atoms with Gasteiger partial charge in [0.25, 0.3) is 0 Å². The van der Waals surface area contributed by atoms with Gasteiger partial charge in [-0.2, -0.15) is 4.98 Å². The quantitative estimate of drug-likeness (QED) is 0.784. The van der Waals surface area contributed by atoms with Gasteiger partial charge in [-0.25, -0.2) is 0 Å². The first kappa shape index (κ1) is 14.1. The molecule has 5 nitrogen and oxygen atoms in total. The van der Waals surface area contributed by atoms with Crippen LogP contribution in [0, 0.1) is 11.8 Å². The van der Waals surface area contributed by atoms with Crippen LogP contribution in [0.2, 0.25) is 0 Å². The third-order valence-corrected chi connectivity index (χ3v) is 2.30. The minimum atomic E-state index is 0.307. The molecule has 0 spiro atoms. The highest BCUT2D eigenvalue weighted by Crippen LogP contribution is 2.08. The maximum Gasteiger partial charge on any atom is 0.240 e. The highest BCUT2D eigenvalue weighted by molar-refractivity contribution is 4.86. The first-order chi connectivity index (χ1) is 8.01. The minimum absolute atomic E-state index is 0.307. The fourth-order valence-electron chi connectivity index (χ4n) is 1.87. The third-order valence-electron chi connectivity index (χ3n) is 2.30. The molecule has 0 aliphatic heterocycles. The van der Waals surface area contributed by atoms with E-state index in [1.54, 1.807) is 0 Å². The van der Waals surface area contributed by atoms with Gasteiger partial charge in [-0.05, 0) is 11.8 Å². The largest absolute Gasteiger partial charge is 0.338 e. The SMILES string of the molecule is CC(C)CN(Cc1noc(CN)n1)CC(C)C. The minimum Gasteiger partial charge on any atom is -0.338 e. The van der Waals surface area contributed by atoms with Gasteiger partial charge in [0.15, 0.2) is 5.82 Å². The molecule has 0 saturated carbocycles. The molecule has 0 saturated heterocycles. The Labute approximate surface area is 103 Å². The van der Waals surface area contributed by atoms with E-state index in [0.29, 0.717) is 24.3 Å². The van der Waals surface area contributed by atoms with Crippen LogP contribution < -0.4 is 5.73 Å². The molecule has 0 radical (unpaired) electrons. The van der Waals surface area contributed by atoms with E-state index < -0.39 is 0 Å². The second kappa shape index (κ2) is 6.71. The van der Waals surface area contributed by atoms with Crippen molar-refractivity contribution >= 4 is 0 Å². The van der Waals surface area contributed by atoms with Crippen molar-refractivity contribution in [2.24, 2.45) is 17.6 Å². The summed E-state index contributed by atoms with van der Waals surface area (Å²) in [5.74, 6) is 2.50. The number of hydrogen-bond donors (Lipinski definition) is 1. The number of hydrogen-bond acceptors (Lipinski definition) is 5. The van der Waals surface area contributed by atoms with E-state index in [2.05, 4.69) is 42.7 Å². The first-order valence-electron chi connectivity index (χ1n) is 6.25. The lowest BCUT2D eigenvalue weighted by atomic mass is 10.1. The van der Waals surface area contributed by atoms with Crippen molar-refractivity contribution < 1.29 is 4.52 Å². The molecule has 98 valence electrons. The molecule has 0 aliphatic rings. The normalized spacial score (nSPS) is 12.0. The standard InChI is InChI=1S/C12H24N4O/c1-9(2)6-16(7-10(3)4)8-11-14-12(5-13)17-15-11/h9-10H,5-8,13H2,1-4H3. The van der Waals surface area contributed by atoms with Crippen LogP contribution in [-0.2, 0) is 13.1 Å². The monoisotopic (exact) mass is 240 g/mol. The average molecular weight is 240 g/mol. The molecule has 1 aromatic rings. The van der Waals surface area contributed by atoms with Crippen LogP contribution in [0.25, 0.3) is 0 Å². The van der Waals surface area contributed by atoms with Crippen LogP contribution in [0.3, 0.4) is 0 Å². The molecule has 1 aromatic heterocycles. The summed E-state index contributed by atoms with van der Waals surface area (Å²) in [6.45, 7) is 12.0. The van der Waals surface area contributed by atoms with E-state index in [-0.39, 0.29) is 0 Å². The zero-order valence-corrected chi connectivity index (χ0v) is 11.3. The number of nitrogens with zero attached hydrogens (tertiary/aromatic N) is 3. The van der Waals surface area contributed by atoms with Crippen LogP contribution in [0.15, 0.2) is 4.52 Å². The van der Waals surface area contributed by atoms with E-state index in [1.807, 2.05) is 0 Å². The molecule has 1 rings (SSSR count). The molecule has 1 heterocycles. The molecule has 0 amide bonds. The molecule has 0 bridgehead atoms. The predicted molar refractivity (Wildman–Crippen MR) is 67.1 cm³/mol. The first-order valence-corrected chi connectivity index (χ1v) is 6.25. The van der Waals surface area contributed by atoms with Crippen LogP contribution in [-0.4, -0.2) is 28.1 Å². The van der Waals surface area contributed by atoms with E-state index >= 15 is 0 Å². The Morgan fingerprint density at radius 3 is 2.18 bits per heavy atom.